The predicted octanol–water partition coefficient (Wildman–Crippen LogP) is -3.08. The van der Waals surface area contributed by atoms with Crippen molar-refractivity contribution in [3.05, 3.63) is 55.8 Å². The van der Waals surface area contributed by atoms with Crippen LogP contribution < -0.4 is 0 Å². The fourth-order valence-corrected chi connectivity index (χ4v) is 0. The maximum atomic E-state index is 8.36. The smallest absolute Gasteiger partial charge is 0.356 e. The SMILES string of the molecule is O=[N+]([O-])O.O=[N+]([O-])O.O=[N+]([O-])O.O=[N+]([O-])O.O=[N+]([O-])[O-].[Ag+].[SiH4]. The number of hydrogen-bond acceptors (Lipinski definition) is 11. The average Bonchev–Trinajstić information content (AvgIpc) is 1.94. The second-order valence-corrected chi connectivity index (χ2v) is 1.17. The van der Waals surface area contributed by atoms with Gasteiger partial charge in [0.25, 0.3) is 20.3 Å². The summed E-state index contributed by atoms with van der Waals surface area (Å²) in [7, 11) is 0. The first kappa shape index (κ1) is 42.8. The first-order chi connectivity index (χ1) is 8.66. The third-order valence-corrected chi connectivity index (χ3v) is 0. The molecule has 0 saturated carbocycles. The van der Waals surface area contributed by atoms with Gasteiger partial charge in [0.2, 0.25) is 0 Å². The van der Waals surface area contributed by atoms with Crippen LogP contribution in [0.1, 0.15) is 0 Å². The first-order valence-corrected chi connectivity index (χ1v) is 2.81. The summed E-state index contributed by atoms with van der Waals surface area (Å²) in [4.78, 5) is 41.7. The van der Waals surface area contributed by atoms with Crippen LogP contribution in [0.5, 0.6) is 0 Å². The van der Waals surface area contributed by atoms with Gasteiger partial charge in [-0.25, -0.2) is 0 Å². The molecular weight excluding hydrogens is 446 g/mol. The van der Waals surface area contributed by atoms with E-state index in [4.69, 9.17) is 76.6 Å². The van der Waals surface area contributed by atoms with E-state index in [1.165, 1.54) is 0 Å². The molecule has 0 aliphatic heterocycles. The summed E-state index contributed by atoms with van der Waals surface area (Å²) >= 11 is 0. The normalized spacial score (nSPS) is 5.45. The molecule has 0 spiro atoms. The van der Waals surface area contributed by atoms with Crippen molar-refractivity contribution in [1.82, 2.24) is 0 Å². The Balaban J connectivity index is -0.0000000250. The molecule has 0 aromatic heterocycles. The summed E-state index contributed by atoms with van der Waals surface area (Å²) in [5, 5.41) is 69.3. The molecular formula is H8AgN5O15Si. The van der Waals surface area contributed by atoms with Crippen LogP contribution in [0.25, 0.3) is 0 Å². The molecule has 0 radical (unpaired) electrons. The van der Waals surface area contributed by atoms with Crippen molar-refractivity contribution in [1.29, 1.82) is 0 Å². The van der Waals surface area contributed by atoms with Crippen LogP contribution in [-0.2, 0) is 22.4 Å². The molecule has 0 aliphatic carbocycles. The topological polar surface area (TPSA) is 320 Å². The Morgan fingerprint density at radius 1 is 0.500 bits per heavy atom. The van der Waals surface area contributed by atoms with Crippen LogP contribution >= 0.6 is 0 Å². The van der Waals surface area contributed by atoms with E-state index in [-0.39, 0.29) is 33.3 Å². The molecule has 0 aromatic carbocycles. The fourth-order valence-electron chi connectivity index (χ4n) is 0. The van der Waals surface area contributed by atoms with Gasteiger partial charge in [0, 0.05) is 0 Å². The van der Waals surface area contributed by atoms with E-state index in [1.807, 2.05) is 0 Å². The third kappa shape index (κ3) is 466. The fraction of sp³-hybridized carbons (Fsp3) is 0. The van der Waals surface area contributed by atoms with Gasteiger partial charge in [-0.2, -0.15) is 0 Å². The number of hydrogen-bond donors (Lipinski definition) is 4. The van der Waals surface area contributed by atoms with E-state index in [0.717, 1.165) is 0 Å². The van der Waals surface area contributed by atoms with Gasteiger partial charge in [0.05, 0.1) is 5.09 Å². The van der Waals surface area contributed by atoms with Gasteiger partial charge in [-0.3, -0.25) is 0 Å². The van der Waals surface area contributed by atoms with Gasteiger partial charge in [0.1, 0.15) is 0 Å². The van der Waals surface area contributed by atoms with E-state index in [2.05, 4.69) is 0 Å². The van der Waals surface area contributed by atoms with Crippen molar-refractivity contribution < 1.29 is 68.6 Å². The zero-order chi connectivity index (χ0) is 17.9. The van der Waals surface area contributed by atoms with Gasteiger partial charge in [-0.15, -0.1) is 40.5 Å². The molecule has 0 rings (SSSR count). The van der Waals surface area contributed by atoms with Gasteiger partial charge in [0.15, 0.2) is 0 Å². The summed E-state index contributed by atoms with van der Waals surface area (Å²) in [6, 6.07) is 0. The standard InChI is InChI=1S/Ag.4HNO3.NO3.H4Si/c;5*2-1(3)4;/h;4*(H,2,3,4);;1H4/q+1;;;;;-1;. The summed E-state index contributed by atoms with van der Waals surface area (Å²) in [5.41, 5.74) is 0. The Kier molecular flexibility index (Phi) is 70.2. The van der Waals surface area contributed by atoms with Gasteiger partial charge in [-0.05, 0) is 11.0 Å². The third-order valence-electron chi connectivity index (χ3n) is 0. The first-order valence-electron chi connectivity index (χ1n) is 2.81. The van der Waals surface area contributed by atoms with E-state index in [0.29, 0.717) is 0 Å². The molecule has 0 heterocycles. The Hall–Kier alpha value is -3.04. The van der Waals surface area contributed by atoms with Crippen molar-refractivity contribution in [2.24, 2.45) is 0 Å². The second kappa shape index (κ2) is 36.1. The minimum atomic E-state index is -1.75. The van der Waals surface area contributed by atoms with Crippen LogP contribution in [0, 0.1) is 55.8 Å². The number of rotatable bonds is 0. The maximum absolute atomic E-state index is 8.36. The summed E-state index contributed by atoms with van der Waals surface area (Å²) < 4.78 is 0. The monoisotopic (exact) mass is 453 g/mol. The molecule has 0 aliphatic rings. The van der Waals surface area contributed by atoms with Gasteiger partial charge >= 0.3 is 22.4 Å². The molecule has 22 heavy (non-hydrogen) atoms. The van der Waals surface area contributed by atoms with Crippen LogP contribution in [0.3, 0.4) is 0 Å². The molecule has 4 N–H and O–H groups in total. The Morgan fingerprint density at radius 2 is 0.500 bits per heavy atom. The molecule has 0 aromatic rings. The van der Waals surface area contributed by atoms with Crippen molar-refractivity contribution in [3.63, 3.8) is 0 Å². The molecule has 0 atom stereocenters. The zero-order valence-corrected chi connectivity index (χ0v) is 10.3. The van der Waals surface area contributed by atoms with Crippen molar-refractivity contribution in [2.45, 2.75) is 0 Å². The second-order valence-electron chi connectivity index (χ2n) is 1.17. The minimum absolute atomic E-state index is 0. The molecule has 0 saturated heterocycles. The van der Waals surface area contributed by atoms with E-state index < -0.39 is 25.4 Å². The average molecular weight is 454 g/mol. The largest absolute Gasteiger partial charge is 1.00 e. The quantitative estimate of drug-likeness (QED) is 0.160. The zero-order valence-electron chi connectivity index (χ0n) is 8.82. The maximum Gasteiger partial charge on any atom is 1.00 e. The Morgan fingerprint density at radius 3 is 0.500 bits per heavy atom. The predicted molar refractivity (Wildman–Crippen MR) is 56.8 cm³/mol. The van der Waals surface area contributed by atoms with Gasteiger partial charge in [-0.1, -0.05) is 0 Å². The summed E-state index contributed by atoms with van der Waals surface area (Å²) in [6.45, 7) is 0. The van der Waals surface area contributed by atoms with Crippen LogP contribution in [0.15, 0.2) is 0 Å². The molecule has 20 nitrogen and oxygen atoms in total. The van der Waals surface area contributed by atoms with E-state index in [1.54, 1.807) is 0 Å². The molecule has 138 valence electrons. The van der Waals surface area contributed by atoms with Gasteiger partial charge < -0.3 is 36.2 Å². The molecule has 22 heteroatoms. The Labute approximate surface area is 136 Å². The van der Waals surface area contributed by atoms with Crippen LogP contribution in [0.4, 0.5) is 0 Å². The summed E-state index contributed by atoms with van der Waals surface area (Å²) in [5.74, 6) is 0. The minimum Gasteiger partial charge on any atom is -0.356 e. The van der Waals surface area contributed by atoms with Crippen molar-refractivity contribution >= 4 is 11.0 Å². The van der Waals surface area contributed by atoms with Crippen LogP contribution in [0.2, 0.25) is 0 Å². The van der Waals surface area contributed by atoms with Crippen LogP contribution in [-0.4, -0.2) is 57.2 Å². The summed E-state index contributed by atoms with van der Waals surface area (Å²) in [6.07, 6.45) is 0. The molecule has 0 amide bonds. The van der Waals surface area contributed by atoms with Crippen molar-refractivity contribution in [3.8, 4) is 0 Å². The molecule has 0 bridgehead atoms. The van der Waals surface area contributed by atoms with Crippen molar-refractivity contribution in [2.75, 3.05) is 0 Å². The molecule has 0 unspecified atom stereocenters. The van der Waals surface area contributed by atoms with E-state index >= 15 is 0 Å². The Bertz CT molecular complexity index is 213. The molecule has 0 fully saturated rings. The number of nitrogens with zero attached hydrogens (tertiary/aromatic N) is 5. The van der Waals surface area contributed by atoms with E-state index in [9.17, 15) is 0 Å².